The molecular formula is C25H28O5. The summed E-state index contributed by atoms with van der Waals surface area (Å²) in [6.45, 7) is 7.10. The fourth-order valence-corrected chi connectivity index (χ4v) is 6.38. The van der Waals surface area contributed by atoms with E-state index < -0.39 is 12.1 Å². The molecule has 30 heavy (non-hydrogen) atoms. The van der Waals surface area contributed by atoms with Crippen molar-refractivity contribution in [1.29, 1.82) is 0 Å². The van der Waals surface area contributed by atoms with Gasteiger partial charge in [-0.2, -0.15) is 0 Å². The van der Waals surface area contributed by atoms with Gasteiger partial charge in [0.15, 0.2) is 0 Å². The lowest BCUT2D eigenvalue weighted by atomic mass is 9.56. The van der Waals surface area contributed by atoms with Crippen LogP contribution < -0.4 is 9.47 Å². The predicted molar refractivity (Wildman–Crippen MR) is 112 cm³/mol. The molecule has 2 N–H and O–H groups in total. The quantitative estimate of drug-likeness (QED) is 0.748. The molecular weight excluding hydrogens is 380 g/mol. The summed E-state index contributed by atoms with van der Waals surface area (Å²) in [6, 6.07) is 12.2. The monoisotopic (exact) mass is 408 g/mol. The summed E-state index contributed by atoms with van der Waals surface area (Å²) in [5.74, 6) is 1.07. The smallest absolute Gasteiger partial charge is 0.335 e. The number of aliphatic hydroxyl groups is 1. The van der Waals surface area contributed by atoms with Crippen molar-refractivity contribution in [3.63, 3.8) is 0 Å². The van der Waals surface area contributed by atoms with Crippen LogP contribution in [-0.2, 0) is 5.41 Å². The average Bonchev–Trinajstić information content (AvgIpc) is 3.30. The van der Waals surface area contributed by atoms with E-state index in [0.717, 1.165) is 11.3 Å². The number of hydrogen-bond acceptors (Lipinski definition) is 4. The van der Waals surface area contributed by atoms with Gasteiger partial charge in [0.1, 0.15) is 29.8 Å². The Kier molecular flexibility index (Phi) is 4.04. The first kappa shape index (κ1) is 19.4. The molecule has 0 aromatic heterocycles. The molecule has 5 heteroatoms. The van der Waals surface area contributed by atoms with E-state index in [1.165, 1.54) is 37.0 Å². The van der Waals surface area contributed by atoms with Crippen LogP contribution in [0.5, 0.6) is 11.5 Å². The molecule has 3 aliphatic rings. The molecule has 0 spiro atoms. The van der Waals surface area contributed by atoms with Gasteiger partial charge in [0.25, 0.3) is 0 Å². The third-order valence-corrected chi connectivity index (χ3v) is 8.48. The Morgan fingerprint density at radius 2 is 1.93 bits per heavy atom. The van der Waals surface area contributed by atoms with Crippen molar-refractivity contribution < 1.29 is 24.5 Å². The maximum atomic E-state index is 11.0. The van der Waals surface area contributed by atoms with Crippen molar-refractivity contribution in [2.45, 2.75) is 57.2 Å². The summed E-state index contributed by atoms with van der Waals surface area (Å²) in [4.78, 5) is 11.0. The van der Waals surface area contributed by atoms with Gasteiger partial charge in [-0.25, -0.2) is 4.79 Å². The Balaban J connectivity index is 1.37. The molecule has 5 rings (SSSR count). The van der Waals surface area contributed by atoms with Crippen molar-refractivity contribution in [2.24, 2.45) is 11.3 Å². The standard InChI is InChI=1S/C25H28O5/c1-23-11-10-17(13-23)25(3)24(23,2)19-12-16(6-9-21(19)30-25)20(26)14-29-18-7-4-15(5-8-18)22(27)28/h4-9,12,17,20,26H,10-11,13-14H2,1-3H3,(H,27,28). The third kappa shape index (κ3) is 2.41. The molecule has 1 aliphatic heterocycles. The van der Waals surface area contributed by atoms with Crippen molar-refractivity contribution in [1.82, 2.24) is 0 Å². The van der Waals surface area contributed by atoms with E-state index >= 15 is 0 Å². The van der Waals surface area contributed by atoms with Gasteiger partial charge >= 0.3 is 5.97 Å². The van der Waals surface area contributed by atoms with Crippen molar-refractivity contribution in [2.75, 3.05) is 6.61 Å². The number of carboxylic acid groups (broad SMARTS) is 1. The number of fused-ring (bicyclic) bond motifs is 7. The number of rotatable bonds is 5. The summed E-state index contributed by atoms with van der Waals surface area (Å²) in [7, 11) is 0. The molecule has 0 radical (unpaired) electrons. The molecule has 5 atom stereocenters. The van der Waals surface area contributed by atoms with Gasteiger partial charge in [-0.15, -0.1) is 0 Å². The van der Waals surface area contributed by atoms with Crippen molar-refractivity contribution >= 4 is 5.97 Å². The number of hydrogen-bond donors (Lipinski definition) is 2. The molecule has 5 unspecified atom stereocenters. The van der Waals surface area contributed by atoms with Gasteiger partial charge in [0.05, 0.1) is 5.56 Å². The molecule has 2 fully saturated rings. The first-order chi connectivity index (χ1) is 14.2. The molecule has 2 aromatic carbocycles. The second kappa shape index (κ2) is 6.24. The van der Waals surface area contributed by atoms with Crippen LogP contribution in [0.1, 0.15) is 67.6 Å². The SMILES string of the molecule is CC12CCC(C1)C1(C)Oc3ccc(C(O)COc4ccc(C(=O)O)cc4)cc3C21C. The van der Waals surface area contributed by atoms with E-state index in [0.29, 0.717) is 11.7 Å². The molecule has 2 aromatic rings. The Labute approximate surface area is 176 Å². The Morgan fingerprint density at radius 3 is 2.63 bits per heavy atom. The van der Waals surface area contributed by atoms with Crippen molar-refractivity contribution in [3.8, 4) is 11.5 Å². The molecule has 0 saturated heterocycles. The molecule has 2 saturated carbocycles. The van der Waals surface area contributed by atoms with E-state index in [1.54, 1.807) is 12.1 Å². The number of aliphatic hydroxyl groups excluding tert-OH is 1. The first-order valence-corrected chi connectivity index (χ1v) is 10.7. The number of benzene rings is 2. The minimum Gasteiger partial charge on any atom is -0.491 e. The minimum absolute atomic E-state index is 0.0680. The molecule has 158 valence electrons. The van der Waals surface area contributed by atoms with Crippen LogP contribution in [0.3, 0.4) is 0 Å². The first-order valence-electron chi connectivity index (χ1n) is 10.7. The highest BCUT2D eigenvalue weighted by Crippen LogP contribution is 2.73. The van der Waals surface area contributed by atoms with E-state index in [2.05, 4.69) is 26.8 Å². The van der Waals surface area contributed by atoms with Crippen LogP contribution >= 0.6 is 0 Å². The number of carboxylic acids is 1. The second-order valence-electron chi connectivity index (χ2n) is 9.75. The van der Waals surface area contributed by atoms with Gasteiger partial charge in [0, 0.05) is 11.0 Å². The maximum Gasteiger partial charge on any atom is 0.335 e. The molecule has 0 amide bonds. The van der Waals surface area contributed by atoms with Gasteiger partial charge < -0.3 is 19.7 Å². The fourth-order valence-electron chi connectivity index (χ4n) is 6.38. The van der Waals surface area contributed by atoms with Crippen LogP contribution in [0.2, 0.25) is 0 Å². The van der Waals surface area contributed by atoms with Gasteiger partial charge in [-0.05, 0) is 79.5 Å². The van der Waals surface area contributed by atoms with E-state index in [9.17, 15) is 9.90 Å². The molecule has 5 nitrogen and oxygen atoms in total. The lowest BCUT2D eigenvalue weighted by Gasteiger charge is -2.48. The van der Waals surface area contributed by atoms with E-state index in [-0.39, 0.29) is 28.6 Å². The highest BCUT2D eigenvalue weighted by Gasteiger charge is 2.73. The lowest BCUT2D eigenvalue weighted by molar-refractivity contribution is -0.0260. The van der Waals surface area contributed by atoms with Crippen molar-refractivity contribution in [3.05, 3.63) is 59.2 Å². The zero-order valence-corrected chi connectivity index (χ0v) is 17.6. The summed E-state index contributed by atoms with van der Waals surface area (Å²) in [5.41, 5.74) is 2.19. The third-order valence-electron chi connectivity index (χ3n) is 8.48. The average molecular weight is 408 g/mol. The number of aromatic carboxylic acids is 1. The molecule has 1 heterocycles. The fraction of sp³-hybridized carbons (Fsp3) is 0.480. The van der Waals surface area contributed by atoms with Crippen LogP contribution in [0.15, 0.2) is 42.5 Å². The number of ether oxygens (including phenoxy) is 2. The minimum atomic E-state index is -0.975. The van der Waals surface area contributed by atoms with E-state index in [4.69, 9.17) is 14.6 Å². The Hall–Kier alpha value is -2.53. The van der Waals surface area contributed by atoms with E-state index in [1.807, 2.05) is 12.1 Å². The van der Waals surface area contributed by atoms with Crippen LogP contribution in [-0.4, -0.2) is 28.4 Å². The van der Waals surface area contributed by atoms with Gasteiger partial charge in [-0.3, -0.25) is 0 Å². The summed E-state index contributed by atoms with van der Waals surface area (Å²) < 4.78 is 12.3. The maximum absolute atomic E-state index is 11.0. The van der Waals surface area contributed by atoms with Gasteiger partial charge in [-0.1, -0.05) is 19.9 Å². The Morgan fingerprint density at radius 1 is 1.20 bits per heavy atom. The second-order valence-corrected chi connectivity index (χ2v) is 9.75. The molecule has 2 bridgehead atoms. The highest BCUT2D eigenvalue weighted by atomic mass is 16.5. The predicted octanol–water partition coefficient (Wildman–Crippen LogP) is 4.73. The van der Waals surface area contributed by atoms with Crippen LogP contribution in [0.4, 0.5) is 0 Å². The topological polar surface area (TPSA) is 76.0 Å². The van der Waals surface area contributed by atoms with Crippen LogP contribution in [0, 0.1) is 11.3 Å². The highest BCUT2D eigenvalue weighted by molar-refractivity contribution is 5.87. The van der Waals surface area contributed by atoms with Crippen LogP contribution in [0.25, 0.3) is 0 Å². The molecule has 2 aliphatic carbocycles. The zero-order valence-electron chi connectivity index (χ0n) is 17.6. The Bertz CT molecular complexity index is 1010. The summed E-state index contributed by atoms with van der Waals surface area (Å²) in [6.07, 6.45) is 2.85. The van der Waals surface area contributed by atoms with Gasteiger partial charge in [0.2, 0.25) is 0 Å². The number of carbonyl (C=O) groups is 1. The lowest BCUT2D eigenvalue weighted by Crippen LogP contribution is -2.54. The largest absolute Gasteiger partial charge is 0.491 e. The normalized spacial score (nSPS) is 34.2. The zero-order chi connectivity index (χ0) is 21.3. The summed E-state index contributed by atoms with van der Waals surface area (Å²) in [5, 5.41) is 19.8. The summed E-state index contributed by atoms with van der Waals surface area (Å²) >= 11 is 0.